The van der Waals surface area contributed by atoms with Crippen LogP contribution in [0.2, 0.25) is 5.02 Å². The maximum absolute atomic E-state index is 14.4. The molecule has 0 unspecified atom stereocenters. The van der Waals surface area contributed by atoms with Gasteiger partial charge in [0.2, 0.25) is 21.8 Å². The molecule has 0 radical (unpaired) electrons. The predicted molar refractivity (Wildman–Crippen MR) is 142 cm³/mol. The van der Waals surface area contributed by atoms with Crippen LogP contribution in [0.25, 0.3) is 0 Å². The lowest BCUT2D eigenvalue weighted by Crippen LogP contribution is -2.48. The van der Waals surface area contributed by atoms with Gasteiger partial charge < -0.3 is 10.2 Å². The van der Waals surface area contributed by atoms with E-state index in [1.165, 1.54) is 15.3 Å². The number of amides is 2. The minimum absolute atomic E-state index is 0.0212. The van der Waals surface area contributed by atoms with Gasteiger partial charge in [0, 0.05) is 36.6 Å². The maximum atomic E-state index is 14.4. The highest BCUT2D eigenvalue weighted by Crippen LogP contribution is 2.27. The number of hydrogen-bond donors (Lipinski definition) is 1. The topological polar surface area (TPSA) is 86.8 Å². The van der Waals surface area contributed by atoms with Crippen LogP contribution in [0.15, 0.2) is 42.5 Å². The molecule has 0 aliphatic heterocycles. The minimum atomic E-state index is -3.64. The van der Waals surface area contributed by atoms with E-state index in [0.717, 1.165) is 24.7 Å². The zero-order chi connectivity index (χ0) is 26.9. The summed E-state index contributed by atoms with van der Waals surface area (Å²) in [4.78, 5) is 27.3. The maximum Gasteiger partial charge on any atom is 0.242 e. The van der Waals surface area contributed by atoms with Crippen molar-refractivity contribution in [3.63, 3.8) is 0 Å². The Balaban J connectivity index is 2.19. The van der Waals surface area contributed by atoms with E-state index in [9.17, 15) is 22.4 Å². The van der Waals surface area contributed by atoms with Gasteiger partial charge >= 0.3 is 0 Å². The Labute approximate surface area is 218 Å². The van der Waals surface area contributed by atoms with Crippen LogP contribution < -0.4 is 9.62 Å². The highest BCUT2D eigenvalue weighted by molar-refractivity contribution is 7.92. The molecule has 0 fully saturated rings. The van der Waals surface area contributed by atoms with Crippen LogP contribution in [-0.2, 0) is 26.2 Å². The van der Waals surface area contributed by atoms with Crippen LogP contribution in [0.4, 0.5) is 10.1 Å². The molecule has 198 valence electrons. The molecule has 7 nitrogen and oxygen atoms in total. The molecule has 0 saturated carbocycles. The first-order valence-electron chi connectivity index (χ1n) is 12.0. The van der Waals surface area contributed by atoms with Gasteiger partial charge in [0.1, 0.15) is 11.9 Å². The van der Waals surface area contributed by atoms with Gasteiger partial charge in [-0.25, -0.2) is 12.8 Å². The number of hydrogen-bond acceptors (Lipinski definition) is 4. The van der Waals surface area contributed by atoms with Crippen LogP contribution in [0.5, 0.6) is 0 Å². The smallest absolute Gasteiger partial charge is 0.242 e. The number of carbonyl (C=O) groups excluding carboxylic acids is 2. The van der Waals surface area contributed by atoms with Crippen LogP contribution in [0.1, 0.15) is 50.7 Å². The molecule has 10 heteroatoms. The Morgan fingerprint density at radius 2 is 1.83 bits per heavy atom. The molecule has 0 bridgehead atoms. The third-order valence-electron chi connectivity index (χ3n) is 5.89. The lowest BCUT2D eigenvalue weighted by Gasteiger charge is -2.29. The summed E-state index contributed by atoms with van der Waals surface area (Å²) in [6.07, 6.45) is 3.00. The highest BCUT2D eigenvalue weighted by Gasteiger charge is 2.27. The van der Waals surface area contributed by atoms with Gasteiger partial charge in [0.15, 0.2) is 0 Å². The molecule has 2 aromatic carbocycles. The monoisotopic (exact) mass is 539 g/mol. The fourth-order valence-corrected chi connectivity index (χ4v) is 4.94. The van der Waals surface area contributed by atoms with E-state index >= 15 is 0 Å². The number of nitrogens with one attached hydrogen (secondary N) is 1. The second kappa shape index (κ2) is 13.6. The Hall–Kier alpha value is -2.65. The van der Waals surface area contributed by atoms with Gasteiger partial charge in [-0.1, -0.05) is 49.2 Å². The van der Waals surface area contributed by atoms with Crippen molar-refractivity contribution in [2.24, 2.45) is 0 Å². The fraction of sp³-hybridized carbons (Fsp3) is 0.462. The molecule has 2 rings (SSSR count). The van der Waals surface area contributed by atoms with Crippen molar-refractivity contribution in [3.05, 3.63) is 64.4 Å². The summed E-state index contributed by atoms with van der Waals surface area (Å²) in [6.45, 7) is 5.87. The van der Waals surface area contributed by atoms with Gasteiger partial charge in [0.25, 0.3) is 0 Å². The molecule has 2 aromatic rings. The van der Waals surface area contributed by atoms with E-state index in [2.05, 4.69) is 5.32 Å². The van der Waals surface area contributed by atoms with E-state index in [1.54, 1.807) is 50.2 Å². The molecular formula is C26H35ClFN3O4S. The number of nitrogens with zero attached hydrogens (tertiary/aromatic N) is 2. The lowest BCUT2D eigenvalue weighted by molar-refractivity contribution is -0.140. The van der Waals surface area contributed by atoms with Gasteiger partial charge in [-0.2, -0.15) is 0 Å². The van der Waals surface area contributed by atoms with Crippen LogP contribution in [-0.4, -0.2) is 50.5 Å². The Kier molecular flexibility index (Phi) is 11.2. The molecule has 1 atom stereocenters. The molecule has 0 saturated heterocycles. The molecule has 0 spiro atoms. The van der Waals surface area contributed by atoms with Crippen molar-refractivity contribution in [3.8, 4) is 0 Å². The summed E-state index contributed by atoms with van der Waals surface area (Å²) >= 11 is 6.09. The predicted octanol–water partition coefficient (Wildman–Crippen LogP) is 4.67. The summed E-state index contributed by atoms with van der Waals surface area (Å²) < 4.78 is 40.6. The van der Waals surface area contributed by atoms with Crippen molar-refractivity contribution in [1.29, 1.82) is 0 Å². The second-order valence-electron chi connectivity index (χ2n) is 8.80. The van der Waals surface area contributed by atoms with Crippen molar-refractivity contribution < 1.29 is 22.4 Å². The van der Waals surface area contributed by atoms with Crippen LogP contribution >= 0.6 is 11.6 Å². The first-order chi connectivity index (χ1) is 17.0. The largest absolute Gasteiger partial charge is 0.354 e. The Morgan fingerprint density at radius 3 is 2.47 bits per heavy atom. The van der Waals surface area contributed by atoms with Gasteiger partial charge in [-0.05, 0) is 50.5 Å². The third kappa shape index (κ3) is 8.48. The van der Waals surface area contributed by atoms with Gasteiger partial charge in [-0.3, -0.25) is 13.9 Å². The molecule has 1 N–H and O–H groups in total. The fourth-order valence-electron chi connectivity index (χ4n) is 3.76. The number of unbranched alkanes of at least 4 members (excludes halogenated alkanes) is 1. The SMILES string of the molecule is CCCCNC(=O)[C@@H](C)N(Cc1ccccc1F)C(=O)CCCN(c1cc(Cl)ccc1C)S(C)(=O)=O. The average Bonchev–Trinajstić information content (AvgIpc) is 2.81. The van der Waals surface area contributed by atoms with Crippen LogP contribution in [0.3, 0.4) is 0 Å². The highest BCUT2D eigenvalue weighted by atomic mass is 35.5. The molecule has 0 aliphatic rings. The summed E-state index contributed by atoms with van der Waals surface area (Å²) in [7, 11) is -3.64. The van der Waals surface area contributed by atoms with Crippen molar-refractivity contribution in [2.75, 3.05) is 23.7 Å². The summed E-state index contributed by atoms with van der Waals surface area (Å²) in [5.41, 5.74) is 1.48. The number of carbonyl (C=O) groups is 2. The summed E-state index contributed by atoms with van der Waals surface area (Å²) in [5.74, 6) is -1.15. The third-order valence-corrected chi connectivity index (χ3v) is 7.30. The quantitative estimate of drug-likeness (QED) is 0.375. The molecule has 0 heterocycles. The average molecular weight is 540 g/mol. The number of aryl methyl sites for hydroxylation is 1. The number of anilines is 1. The second-order valence-corrected chi connectivity index (χ2v) is 11.1. The van der Waals surface area contributed by atoms with E-state index < -0.39 is 21.9 Å². The zero-order valence-corrected chi connectivity index (χ0v) is 22.8. The number of benzene rings is 2. The Morgan fingerprint density at radius 1 is 1.14 bits per heavy atom. The van der Waals surface area contributed by atoms with Crippen molar-refractivity contribution in [1.82, 2.24) is 10.2 Å². The van der Waals surface area contributed by atoms with E-state index in [-0.39, 0.29) is 37.7 Å². The first-order valence-corrected chi connectivity index (χ1v) is 14.2. The van der Waals surface area contributed by atoms with E-state index in [1.807, 2.05) is 6.92 Å². The first kappa shape index (κ1) is 29.6. The lowest BCUT2D eigenvalue weighted by atomic mass is 10.1. The molecular weight excluding hydrogens is 505 g/mol. The number of halogens is 2. The van der Waals surface area contributed by atoms with E-state index in [4.69, 9.17) is 11.6 Å². The summed E-state index contributed by atoms with van der Waals surface area (Å²) in [6, 6.07) is 10.3. The normalized spacial score (nSPS) is 12.2. The van der Waals surface area contributed by atoms with Crippen molar-refractivity contribution >= 4 is 39.1 Å². The van der Waals surface area contributed by atoms with E-state index in [0.29, 0.717) is 22.8 Å². The van der Waals surface area contributed by atoms with Gasteiger partial charge in [-0.15, -0.1) is 0 Å². The molecule has 2 amide bonds. The Bertz CT molecular complexity index is 1160. The minimum Gasteiger partial charge on any atom is -0.354 e. The zero-order valence-electron chi connectivity index (χ0n) is 21.3. The van der Waals surface area contributed by atoms with Gasteiger partial charge in [0.05, 0.1) is 11.9 Å². The van der Waals surface area contributed by atoms with Crippen molar-refractivity contribution in [2.45, 2.75) is 59.0 Å². The molecule has 0 aliphatic carbocycles. The molecule has 0 aromatic heterocycles. The number of rotatable bonds is 13. The standard InChI is InChI=1S/C26H35ClFN3O4S/c1-5-6-15-29-26(33)20(3)30(18-21-10-7-8-11-23(21)28)25(32)12-9-16-31(36(4,34)35)24-17-22(27)14-13-19(24)2/h7-8,10-11,13-14,17,20H,5-6,9,12,15-16,18H2,1-4H3,(H,29,33)/t20-/m1/s1. The molecule has 36 heavy (non-hydrogen) atoms. The number of sulfonamides is 1. The van der Waals surface area contributed by atoms with Crippen LogP contribution in [0, 0.1) is 12.7 Å². The summed E-state index contributed by atoms with van der Waals surface area (Å²) in [5, 5.41) is 3.22.